The Morgan fingerprint density at radius 1 is 0.413 bits per heavy atom. The molecule has 0 amide bonds. The largest absolute Gasteiger partial charge is 3.00 e. The van der Waals surface area contributed by atoms with Crippen LogP contribution in [-0.4, -0.2) is 15.0 Å². The van der Waals surface area contributed by atoms with E-state index in [4.69, 9.17) is 14.5 Å². The normalized spacial score (nSPS) is 11.5. The molecule has 0 N–H and O–H groups in total. The molecular formula is C63H42F6IrN3O2. The Kier molecular flexibility index (Phi) is 14.7. The zero-order valence-corrected chi connectivity index (χ0v) is 43.0. The van der Waals surface area contributed by atoms with Gasteiger partial charge in [-0.3, -0.25) is 17.6 Å². The van der Waals surface area contributed by atoms with E-state index in [2.05, 4.69) is 28.2 Å². The summed E-state index contributed by atoms with van der Waals surface area (Å²) in [6.45, 7) is 7.17. The molecule has 3 heterocycles. The third-order valence-electron chi connectivity index (χ3n) is 12.6. The van der Waals surface area contributed by atoms with Crippen LogP contribution in [0.3, 0.4) is 0 Å². The van der Waals surface area contributed by atoms with E-state index >= 15 is 8.78 Å². The van der Waals surface area contributed by atoms with Crippen molar-refractivity contribution in [3.63, 3.8) is 0 Å². The third kappa shape index (κ3) is 11.2. The van der Waals surface area contributed by atoms with E-state index in [1.165, 1.54) is 18.5 Å². The van der Waals surface area contributed by atoms with Gasteiger partial charge in [-0.05, 0) is 96.4 Å². The third-order valence-corrected chi connectivity index (χ3v) is 12.6. The number of benzene rings is 7. The van der Waals surface area contributed by atoms with Gasteiger partial charge in [0.1, 0.15) is 34.3 Å². The summed E-state index contributed by atoms with van der Waals surface area (Å²) in [6.07, 6.45) is 4.61. The van der Waals surface area contributed by atoms with Crippen LogP contribution in [0.2, 0.25) is 0 Å². The molecule has 75 heavy (non-hydrogen) atoms. The van der Waals surface area contributed by atoms with E-state index in [0.717, 1.165) is 52.6 Å². The summed E-state index contributed by atoms with van der Waals surface area (Å²) in [6, 6.07) is 52.7. The summed E-state index contributed by atoms with van der Waals surface area (Å²) in [5.41, 5.74) is 4.86. The first-order chi connectivity index (χ1) is 35.6. The van der Waals surface area contributed by atoms with Crippen LogP contribution in [0.1, 0.15) is 38.8 Å². The van der Waals surface area contributed by atoms with Crippen LogP contribution >= 0.6 is 0 Å². The maximum Gasteiger partial charge on any atom is 3.00 e. The molecule has 10 rings (SSSR count). The summed E-state index contributed by atoms with van der Waals surface area (Å²) in [4.78, 5) is 13.7. The van der Waals surface area contributed by atoms with E-state index in [1.54, 1.807) is 82.4 Å². The SMILES string of the molecule is CC(C)(Oc1cc(OC(C)(C)c2ccc(-c3[c-]cc(F)cc3F)nc2)cc(-c2cc(F)cc(F)c2-c2cnc(-c3[c-]cccc3)cc2-c2ccc(-c3ccccc3)cc2)c1)c1ccc(-c2[c-]cc(F)cc2F)nc1.[Ir+3]. The number of ether oxygens (including phenoxy) is 2. The van der Waals surface area contributed by atoms with Crippen LogP contribution in [0.25, 0.3) is 78.3 Å². The Hall–Kier alpha value is -8.18. The van der Waals surface area contributed by atoms with Crippen molar-refractivity contribution < 1.29 is 55.9 Å². The average Bonchev–Trinajstić information content (AvgIpc) is 3.39. The Balaban J connectivity index is 0.00000689. The van der Waals surface area contributed by atoms with E-state index in [1.807, 2.05) is 78.9 Å². The van der Waals surface area contributed by atoms with Crippen LogP contribution in [-0.2, 0) is 31.3 Å². The Labute approximate surface area is 443 Å². The maximum absolute atomic E-state index is 17.0. The van der Waals surface area contributed by atoms with E-state index in [-0.39, 0.29) is 65.2 Å². The fourth-order valence-corrected chi connectivity index (χ4v) is 8.77. The van der Waals surface area contributed by atoms with Gasteiger partial charge in [0.05, 0.1) is 0 Å². The molecule has 0 aliphatic heterocycles. The molecule has 12 heteroatoms. The molecule has 3 aromatic heterocycles. The van der Waals surface area contributed by atoms with Crippen molar-refractivity contribution >= 4 is 0 Å². The van der Waals surface area contributed by atoms with Crippen molar-refractivity contribution in [1.82, 2.24) is 15.0 Å². The fourth-order valence-electron chi connectivity index (χ4n) is 8.77. The second kappa shape index (κ2) is 21.3. The molecule has 0 saturated heterocycles. The van der Waals surface area contributed by atoms with E-state index in [0.29, 0.717) is 33.5 Å². The number of aromatic nitrogens is 3. The molecule has 0 spiro atoms. The number of rotatable bonds is 13. The van der Waals surface area contributed by atoms with Gasteiger partial charge in [-0.15, -0.1) is 60.2 Å². The molecule has 0 saturated carbocycles. The Morgan fingerprint density at radius 2 is 0.933 bits per heavy atom. The molecule has 7 aromatic carbocycles. The monoisotopic (exact) mass is 1180 g/mol. The number of nitrogens with zero attached hydrogens (tertiary/aromatic N) is 3. The van der Waals surface area contributed by atoms with Crippen molar-refractivity contribution in [2.75, 3.05) is 0 Å². The van der Waals surface area contributed by atoms with Gasteiger partial charge in [-0.2, -0.15) is 0 Å². The van der Waals surface area contributed by atoms with Gasteiger partial charge in [-0.1, -0.05) is 108 Å². The molecule has 5 nitrogen and oxygen atoms in total. The number of halogens is 6. The molecule has 372 valence electrons. The minimum absolute atomic E-state index is 0. The second-order valence-corrected chi connectivity index (χ2v) is 18.5. The molecule has 10 aromatic rings. The topological polar surface area (TPSA) is 57.1 Å². The molecule has 0 aliphatic carbocycles. The molecular weight excluding hydrogens is 1140 g/mol. The van der Waals surface area contributed by atoms with Gasteiger partial charge in [0.25, 0.3) is 0 Å². The van der Waals surface area contributed by atoms with Gasteiger partial charge < -0.3 is 24.4 Å². The van der Waals surface area contributed by atoms with Crippen LogP contribution < -0.4 is 9.47 Å². The van der Waals surface area contributed by atoms with E-state index < -0.39 is 46.1 Å². The summed E-state index contributed by atoms with van der Waals surface area (Å²) in [7, 11) is 0. The summed E-state index contributed by atoms with van der Waals surface area (Å²) >= 11 is 0. The predicted molar refractivity (Wildman–Crippen MR) is 274 cm³/mol. The van der Waals surface area contributed by atoms with Gasteiger partial charge in [-0.25, -0.2) is 8.78 Å². The fraction of sp³-hybridized carbons (Fsp3) is 0.0952. The number of hydrogen-bond acceptors (Lipinski definition) is 5. The molecule has 0 atom stereocenters. The van der Waals surface area contributed by atoms with Gasteiger partial charge in [0.15, 0.2) is 0 Å². The molecule has 0 fully saturated rings. The zero-order valence-electron chi connectivity index (χ0n) is 40.6. The van der Waals surface area contributed by atoms with Crippen molar-refractivity contribution in [3.8, 4) is 89.8 Å². The van der Waals surface area contributed by atoms with Gasteiger partial charge in [0.2, 0.25) is 0 Å². The smallest absolute Gasteiger partial charge is 0.483 e. The molecule has 0 aliphatic rings. The minimum Gasteiger partial charge on any atom is -0.483 e. The first-order valence-corrected chi connectivity index (χ1v) is 23.4. The Morgan fingerprint density at radius 3 is 1.45 bits per heavy atom. The van der Waals surface area contributed by atoms with Gasteiger partial charge >= 0.3 is 20.1 Å². The zero-order chi connectivity index (χ0) is 51.7. The molecule has 0 bridgehead atoms. The van der Waals surface area contributed by atoms with Crippen LogP contribution in [0.4, 0.5) is 26.3 Å². The standard InChI is InChI=1S/C63H42F6N3O2.Ir/c1-62(2,43-19-25-58(70-35-43)50-23-21-45(64)30-55(50)67)73-48-27-42(28-49(33-48)74-63(3,4)44-20-26-59(71-36-44)51-24-22-46(65)31-56(51)68)53-29-47(66)32-57(69)61(53)54-37-72-60(41-13-9-6-10-14-41)34-52(54)40-17-15-39(16-18-40)38-11-7-5-8-12-38;/h5-13,15-22,25-37H,1-4H3;/q-3;+3. The van der Waals surface area contributed by atoms with Crippen molar-refractivity contribution in [3.05, 3.63) is 247 Å². The predicted octanol–water partition coefficient (Wildman–Crippen LogP) is 16.4. The summed E-state index contributed by atoms with van der Waals surface area (Å²) in [5.74, 6) is -4.39. The molecule has 0 unspecified atom stereocenters. The van der Waals surface area contributed by atoms with Crippen molar-refractivity contribution in [2.24, 2.45) is 0 Å². The Bertz CT molecular complexity index is 3550. The van der Waals surface area contributed by atoms with Crippen LogP contribution in [0, 0.1) is 53.1 Å². The first-order valence-electron chi connectivity index (χ1n) is 23.4. The maximum atomic E-state index is 17.0. The van der Waals surface area contributed by atoms with Crippen molar-refractivity contribution in [2.45, 2.75) is 38.9 Å². The van der Waals surface area contributed by atoms with Crippen LogP contribution in [0.15, 0.2) is 182 Å². The first kappa shape index (κ1) is 51.7. The number of pyridine rings is 3. The van der Waals surface area contributed by atoms with Gasteiger partial charge in [0, 0.05) is 76.2 Å². The second-order valence-electron chi connectivity index (χ2n) is 18.5. The summed E-state index contributed by atoms with van der Waals surface area (Å²) in [5, 5.41) is 0. The quantitative estimate of drug-likeness (QED) is 0.0850. The van der Waals surface area contributed by atoms with Crippen molar-refractivity contribution in [1.29, 1.82) is 0 Å². The molecule has 0 radical (unpaired) electrons. The minimum atomic E-state index is -1.14. The van der Waals surface area contributed by atoms with E-state index in [9.17, 15) is 17.6 Å². The number of hydrogen-bond donors (Lipinski definition) is 0. The van der Waals surface area contributed by atoms with Crippen LogP contribution in [0.5, 0.6) is 11.5 Å². The average molecular weight is 1180 g/mol. The summed E-state index contributed by atoms with van der Waals surface area (Å²) < 4.78 is 103.